The number of rotatable bonds is 4. The minimum atomic E-state index is -0.400. The minimum absolute atomic E-state index is 0.0966. The first kappa shape index (κ1) is 10.6. The van der Waals surface area contributed by atoms with Crippen LogP contribution in [0.3, 0.4) is 0 Å². The van der Waals surface area contributed by atoms with Gasteiger partial charge >= 0.3 is 0 Å². The van der Waals surface area contributed by atoms with Crippen LogP contribution in [0.5, 0.6) is 0 Å². The van der Waals surface area contributed by atoms with E-state index in [4.69, 9.17) is 5.73 Å². The first-order valence-corrected chi connectivity index (χ1v) is 5.25. The summed E-state index contributed by atoms with van der Waals surface area (Å²) in [5.41, 5.74) is 6.05. The van der Waals surface area contributed by atoms with Crippen LogP contribution in [0.2, 0.25) is 0 Å². The topological polar surface area (TPSA) is 80.9 Å². The molecule has 0 spiro atoms. The number of nitrogens with one attached hydrogen (secondary N) is 1. The van der Waals surface area contributed by atoms with Gasteiger partial charge in [0, 0.05) is 17.7 Å². The third-order valence-corrected chi connectivity index (χ3v) is 2.56. The molecule has 0 aliphatic heterocycles. The molecule has 0 atom stereocenters. The maximum Gasteiger partial charge on any atom is 0.236 e. The number of hydrogen-bond acceptors (Lipinski definition) is 4. The van der Waals surface area contributed by atoms with Gasteiger partial charge in [0.05, 0.1) is 6.54 Å². The number of anilines is 1. The summed E-state index contributed by atoms with van der Waals surface area (Å²) in [6.07, 6.45) is 7.86. The lowest BCUT2D eigenvalue weighted by Gasteiger charge is -2.09. The largest absolute Gasteiger partial charge is 0.368 e. The molecule has 2 rings (SSSR count). The summed E-state index contributed by atoms with van der Waals surface area (Å²) in [4.78, 5) is 18.9. The third-order valence-electron chi connectivity index (χ3n) is 2.56. The van der Waals surface area contributed by atoms with E-state index in [-0.39, 0.29) is 6.54 Å². The smallest absolute Gasteiger partial charge is 0.236 e. The molecule has 5 heteroatoms. The Hall–Kier alpha value is -1.91. The van der Waals surface area contributed by atoms with Gasteiger partial charge in [-0.2, -0.15) is 0 Å². The van der Waals surface area contributed by atoms with E-state index in [0.717, 1.165) is 18.5 Å². The van der Waals surface area contributed by atoms with E-state index in [1.165, 1.54) is 6.33 Å². The fourth-order valence-electron chi connectivity index (χ4n) is 1.73. The first-order chi connectivity index (χ1) is 7.75. The number of allylic oxidation sites excluding steroid dienone is 2. The Kier molecular flexibility index (Phi) is 3.14. The van der Waals surface area contributed by atoms with Gasteiger partial charge < -0.3 is 11.1 Å². The van der Waals surface area contributed by atoms with Crippen molar-refractivity contribution >= 4 is 11.7 Å². The van der Waals surface area contributed by atoms with E-state index in [1.807, 2.05) is 6.07 Å². The van der Waals surface area contributed by atoms with Gasteiger partial charge in [-0.15, -0.1) is 0 Å². The number of nitrogens with two attached hydrogens (primary N) is 1. The predicted molar refractivity (Wildman–Crippen MR) is 60.8 cm³/mol. The zero-order chi connectivity index (χ0) is 11.4. The molecular weight excluding hydrogens is 204 g/mol. The Morgan fingerprint density at radius 2 is 2.19 bits per heavy atom. The molecule has 0 radical (unpaired) electrons. The molecule has 1 aromatic rings. The highest BCUT2D eigenvalue weighted by Gasteiger charge is 2.14. The van der Waals surface area contributed by atoms with Crippen LogP contribution < -0.4 is 11.1 Å². The van der Waals surface area contributed by atoms with Crippen molar-refractivity contribution in [2.24, 2.45) is 5.73 Å². The van der Waals surface area contributed by atoms with E-state index in [0.29, 0.717) is 11.7 Å². The van der Waals surface area contributed by atoms with Gasteiger partial charge in [0.15, 0.2) is 0 Å². The van der Waals surface area contributed by atoms with E-state index in [9.17, 15) is 4.79 Å². The molecule has 16 heavy (non-hydrogen) atoms. The quantitative estimate of drug-likeness (QED) is 0.733. The molecule has 1 aliphatic rings. The van der Waals surface area contributed by atoms with Gasteiger partial charge in [0.2, 0.25) is 5.91 Å². The lowest BCUT2D eigenvalue weighted by molar-refractivity contribution is -0.116. The summed E-state index contributed by atoms with van der Waals surface area (Å²) in [5, 5.41) is 2.86. The number of nitrogens with zero attached hydrogens (tertiary/aromatic N) is 2. The van der Waals surface area contributed by atoms with Crippen molar-refractivity contribution < 1.29 is 4.79 Å². The highest BCUT2D eigenvalue weighted by atomic mass is 16.1. The zero-order valence-electron chi connectivity index (χ0n) is 8.89. The van der Waals surface area contributed by atoms with Gasteiger partial charge in [0.1, 0.15) is 12.1 Å². The second-order valence-corrected chi connectivity index (χ2v) is 3.79. The molecule has 0 saturated heterocycles. The molecular formula is C11H14N4O. The van der Waals surface area contributed by atoms with Crippen LogP contribution in [0.1, 0.15) is 24.5 Å². The number of hydrogen-bond donors (Lipinski definition) is 2. The molecule has 0 aromatic carbocycles. The van der Waals surface area contributed by atoms with Crippen molar-refractivity contribution in [2.45, 2.75) is 18.8 Å². The van der Waals surface area contributed by atoms with Crippen LogP contribution in [0.4, 0.5) is 5.82 Å². The predicted octanol–water partition coefficient (Wildman–Crippen LogP) is 0.807. The molecule has 0 unspecified atom stereocenters. The second-order valence-electron chi connectivity index (χ2n) is 3.79. The van der Waals surface area contributed by atoms with Crippen molar-refractivity contribution in [3.05, 3.63) is 30.2 Å². The van der Waals surface area contributed by atoms with Crippen LogP contribution in [-0.4, -0.2) is 22.4 Å². The Bertz CT molecular complexity index is 408. The van der Waals surface area contributed by atoms with Crippen molar-refractivity contribution in [1.29, 1.82) is 0 Å². The van der Waals surface area contributed by atoms with Crippen LogP contribution in [0, 0.1) is 0 Å². The molecule has 0 saturated carbocycles. The summed E-state index contributed by atoms with van der Waals surface area (Å²) < 4.78 is 0. The SMILES string of the molecule is NC(=O)CNc1cc(C2CC=CC2)ncn1. The summed E-state index contributed by atoms with van der Waals surface area (Å²) in [6, 6.07) is 1.88. The van der Waals surface area contributed by atoms with Crippen molar-refractivity contribution in [3.8, 4) is 0 Å². The molecule has 5 nitrogen and oxygen atoms in total. The lowest BCUT2D eigenvalue weighted by atomic mass is 10.0. The molecule has 0 bridgehead atoms. The van der Waals surface area contributed by atoms with Crippen LogP contribution in [-0.2, 0) is 4.79 Å². The molecule has 1 heterocycles. The van der Waals surface area contributed by atoms with Crippen molar-refractivity contribution in [2.75, 3.05) is 11.9 Å². The molecule has 1 aliphatic carbocycles. The Balaban J connectivity index is 2.04. The first-order valence-electron chi connectivity index (χ1n) is 5.25. The fraction of sp³-hybridized carbons (Fsp3) is 0.364. The maximum atomic E-state index is 10.6. The van der Waals surface area contributed by atoms with Gasteiger partial charge in [-0.3, -0.25) is 4.79 Å². The number of amides is 1. The van der Waals surface area contributed by atoms with E-state index < -0.39 is 5.91 Å². The Morgan fingerprint density at radius 1 is 1.44 bits per heavy atom. The average Bonchev–Trinajstić information content (AvgIpc) is 2.80. The summed E-state index contributed by atoms with van der Waals surface area (Å²) in [7, 11) is 0. The molecule has 84 valence electrons. The van der Waals surface area contributed by atoms with Crippen LogP contribution in [0.25, 0.3) is 0 Å². The average molecular weight is 218 g/mol. The van der Waals surface area contributed by atoms with Gasteiger partial charge in [-0.25, -0.2) is 9.97 Å². The van der Waals surface area contributed by atoms with E-state index in [1.54, 1.807) is 0 Å². The fourth-order valence-corrected chi connectivity index (χ4v) is 1.73. The monoisotopic (exact) mass is 218 g/mol. The van der Waals surface area contributed by atoms with E-state index >= 15 is 0 Å². The van der Waals surface area contributed by atoms with Crippen LogP contribution >= 0.6 is 0 Å². The molecule has 1 amide bonds. The van der Waals surface area contributed by atoms with Crippen molar-refractivity contribution in [3.63, 3.8) is 0 Å². The minimum Gasteiger partial charge on any atom is -0.368 e. The van der Waals surface area contributed by atoms with Crippen molar-refractivity contribution in [1.82, 2.24) is 9.97 Å². The Labute approximate surface area is 93.8 Å². The number of carbonyl (C=O) groups excluding carboxylic acids is 1. The standard InChI is InChI=1S/C11H14N4O/c12-10(16)6-13-11-5-9(14-7-15-11)8-3-1-2-4-8/h1-2,5,7-8H,3-4,6H2,(H2,12,16)(H,13,14,15). The highest BCUT2D eigenvalue weighted by molar-refractivity contribution is 5.78. The Morgan fingerprint density at radius 3 is 2.88 bits per heavy atom. The second kappa shape index (κ2) is 4.74. The van der Waals surface area contributed by atoms with Gasteiger partial charge in [-0.1, -0.05) is 12.2 Å². The van der Waals surface area contributed by atoms with Gasteiger partial charge in [-0.05, 0) is 12.8 Å². The zero-order valence-corrected chi connectivity index (χ0v) is 8.89. The van der Waals surface area contributed by atoms with Gasteiger partial charge in [0.25, 0.3) is 0 Å². The molecule has 0 fully saturated rings. The summed E-state index contributed by atoms with van der Waals surface area (Å²) in [6.45, 7) is 0.0966. The third kappa shape index (κ3) is 2.56. The summed E-state index contributed by atoms with van der Waals surface area (Å²) in [5.74, 6) is 0.690. The summed E-state index contributed by atoms with van der Waals surface area (Å²) >= 11 is 0. The van der Waals surface area contributed by atoms with Crippen LogP contribution in [0.15, 0.2) is 24.5 Å². The normalized spacial score (nSPS) is 15.2. The maximum absolute atomic E-state index is 10.6. The lowest BCUT2D eigenvalue weighted by Crippen LogP contribution is -2.22. The highest BCUT2D eigenvalue weighted by Crippen LogP contribution is 2.28. The van der Waals surface area contributed by atoms with E-state index in [2.05, 4.69) is 27.4 Å². The number of carbonyl (C=O) groups is 1. The molecule has 1 aromatic heterocycles. The molecule has 3 N–H and O–H groups in total. The number of primary amides is 1. The number of aromatic nitrogens is 2.